The Bertz CT molecular complexity index is 420. The lowest BCUT2D eigenvalue weighted by molar-refractivity contribution is 0.489. The van der Waals surface area contributed by atoms with Gasteiger partial charge >= 0.3 is 0 Å². The van der Waals surface area contributed by atoms with Crippen molar-refractivity contribution in [3.63, 3.8) is 0 Å². The molecular formula is C16H27N3. The van der Waals surface area contributed by atoms with E-state index in [0.29, 0.717) is 12.0 Å². The Morgan fingerprint density at radius 3 is 2.68 bits per heavy atom. The van der Waals surface area contributed by atoms with Crippen molar-refractivity contribution in [2.45, 2.75) is 59.0 Å². The molecule has 106 valence electrons. The van der Waals surface area contributed by atoms with E-state index in [2.05, 4.69) is 63.0 Å². The van der Waals surface area contributed by atoms with E-state index in [4.69, 9.17) is 4.98 Å². The molecule has 1 unspecified atom stereocenters. The topological polar surface area (TPSA) is 28.2 Å². The Labute approximate surface area is 117 Å². The number of anilines is 2. The third kappa shape index (κ3) is 3.62. The highest BCUT2D eigenvalue weighted by Crippen LogP contribution is 2.29. The maximum atomic E-state index is 4.79. The predicted octanol–water partition coefficient (Wildman–Crippen LogP) is 3.92. The van der Waals surface area contributed by atoms with Crippen LogP contribution >= 0.6 is 0 Å². The predicted molar refractivity (Wildman–Crippen MR) is 82.8 cm³/mol. The molecule has 1 N–H and O–H groups in total. The zero-order valence-corrected chi connectivity index (χ0v) is 12.9. The fourth-order valence-corrected chi connectivity index (χ4v) is 2.81. The molecule has 0 aromatic carbocycles. The first-order chi connectivity index (χ1) is 8.87. The highest BCUT2D eigenvalue weighted by atomic mass is 15.2. The van der Waals surface area contributed by atoms with Gasteiger partial charge < -0.3 is 10.2 Å². The molecule has 0 amide bonds. The summed E-state index contributed by atoms with van der Waals surface area (Å²) in [4.78, 5) is 7.26. The standard InChI is InChI=1S/C16H27N3/c1-12(2)13-8-7-11-19(13)15-10-6-9-14(17-15)18-16(3,4)5/h6,9-10,12-13H,7-8,11H2,1-5H3,(H,17,18). The molecule has 1 aromatic rings. The van der Waals surface area contributed by atoms with E-state index in [1.54, 1.807) is 0 Å². The smallest absolute Gasteiger partial charge is 0.131 e. The van der Waals surface area contributed by atoms with Crippen molar-refractivity contribution in [2.75, 3.05) is 16.8 Å². The summed E-state index contributed by atoms with van der Waals surface area (Å²) in [6.45, 7) is 12.2. The Morgan fingerprint density at radius 1 is 1.32 bits per heavy atom. The number of nitrogens with zero attached hydrogens (tertiary/aromatic N) is 2. The summed E-state index contributed by atoms with van der Waals surface area (Å²) in [5.41, 5.74) is 0.0497. The van der Waals surface area contributed by atoms with Gasteiger partial charge in [-0.1, -0.05) is 19.9 Å². The van der Waals surface area contributed by atoms with E-state index in [1.807, 2.05) is 0 Å². The Morgan fingerprint density at radius 2 is 2.05 bits per heavy atom. The van der Waals surface area contributed by atoms with Gasteiger partial charge in [-0.05, 0) is 51.7 Å². The van der Waals surface area contributed by atoms with Gasteiger partial charge in [0.25, 0.3) is 0 Å². The van der Waals surface area contributed by atoms with Gasteiger partial charge in [-0.25, -0.2) is 4.98 Å². The zero-order valence-electron chi connectivity index (χ0n) is 12.9. The number of aromatic nitrogens is 1. The quantitative estimate of drug-likeness (QED) is 0.894. The van der Waals surface area contributed by atoms with Crippen LogP contribution in [0.5, 0.6) is 0 Å². The second kappa shape index (κ2) is 5.40. The first-order valence-electron chi connectivity index (χ1n) is 7.39. The van der Waals surface area contributed by atoms with Crippen LogP contribution in [0.3, 0.4) is 0 Å². The SMILES string of the molecule is CC(C)C1CCCN1c1cccc(NC(C)(C)C)n1. The number of rotatable bonds is 3. The lowest BCUT2D eigenvalue weighted by atomic mass is 10.0. The van der Waals surface area contributed by atoms with E-state index in [0.717, 1.165) is 18.2 Å². The van der Waals surface area contributed by atoms with Gasteiger partial charge in [0.15, 0.2) is 0 Å². The molecular weight excluding hydrogens is 234 g/mol. The summed E-state index contributed by atoms with van der Waals surface area (Å²) in [7, 11) is 0. The molecule has 0 saturated carbocycles. The molecule has 2 rings (SSSR count). The first-order valence-corrected chi connectivity index (χ1v) is 7.39. The fraction of sp³-hybridized carbons (Fsp3) is 0.688. The van der Waals surface area contributed by atoms with Crippen molar-refractivity contribution in [3.05, 3.63) is 18.2 Å². The van der Waals surface area contributed by atoms with Gasteiger partial charge in [0.1, 0.15) is 11.6 Å². The molecule has 1 fully saturated rings. The first kappa shape index (κ1) is 14.2. The van der Waals surface area contributed by atoms with Crippen molar-refractivity contribution >= 4 is 11.6 Å². The number of hydrogen-bond acceptors (Lipinski definition) is 3. The van der Waals surface area contributed by atoms with Crippen LogP contribution in [0, 0.1) is 5.92 Å². The summed E-state index contributed by atoms with van der Waals surface area (Å²) in [5, 5.41) is 3.45. The minimum Gasteiger partial charge on any atom is -0.365 e. The van der Waals surface area contributed by atoms with Crippen LogP contribution in [0.15, 0.2) is 18.2 Å². The van der Waals surface area contributed by atoms with Gasteiger partial charge in [-0.15, -0.1) is 0 Å². The molecule has 2 heterocycles. The van der Waals surface area contributed by atoms with Crippen molar-refractivity contribution in [2.24, 2.45) is 5.92 Å². The van der Waals surface area contributed by atoms with Crippen LogP contribution in [0.2, 0.25) is 0 Å². The Kier molecular flexibility index (Phi) is 4.02. The largest absolute Gasteiger partial charge is 0.365 e. The maximum Gasteiger partial charge on any atom is 0.131 e. The van der Waals surface area contributed by atoms with Gasteiger partial charge in [0.05, 0.1) is 0 Å². The molecule has 0 radical (unpaired) electrons. The zero-order chi connectivity index (χ0) is 14.0. The monoisotopic (exact) mass is 261 g/mol. The Balaban J connectivity index is 2.18. The van der Waals surface area contributed by atoms with Crippen LogP contribution in [0.25, 0.3) is 0 Å². The number of pyridine rings is 1. The molecule has 19 heavy (non-hydrogen) atoms. The summed E-state index contributed by atoms with van der Waals surface area (Å²) >= 11 is 0. The van der Waals surface area contributed by atoms with Crippen LogP contribution in [0.1, 0.15) is 47.5 Å². The van der Waals surface area contributed by atoms with E-state index in [1.165, 1.54) is 12.8 Å². The van der Waals surface area contributed by atoms with Crippen molar-refractivity contribution in [3.8, 4) is 0 Å². The molecule has 0 aliphatic carbocycles. The minimum absolute atomic E-state index is 0.0497. The molecule has 3 nitrogen and oxygen atoms in total. The average Bonchev–Trinajstić information content (AvgIpc) is 2.75. The highest BCUT2D eigenvalue weighted by Gasteiger charge is 2.28. The number of hydrogen-bond donors (Lipinski definition) is 1. The third-order valence-electron chi connectivity index (χ3n) is 3.60. The van der Waals surface area contributed by atoms with Crippen LogP contribution in [0.4, 0.5) is 11.6 Å². The molecule has 1 aliphatic heterocycles. The van der Waals surface area contributed by atoms with Crippen molar-refractivity contribution < 1.29 is 0 Å². The molecule has 3 heteroatoms. The van der Waals surface area contributed by atoms with Crippen molar-refractivity contribution in [1.82, 2.24) is 4.98 Å². The molecule has 1 atom stereocenters. The van der Waals surface area contributed by atoms with Crippen LogP contribution in [-0.2, 0) is 0 Å². The van der Waals surface area contributed by atoms with Crippen LogP contribution < -0.4 is 10.2 Å². The summed E-state index contributed by atoms with van der Waals surface area (Å²) < 4.78 is 0. The van der Waals surface area contributed by atoms with Gasteiger partial charge in [0, 0.05) is 18.1 Å². The maximum absolute atomic E-state index is 4.79. The second-order valence-corrected chi connectivity index (χ2v) is 6.90. The molecule has 0 spiro atoms. The number of nitrogens with one attached hydrogen (secondary N) is 1. The lowest BCUT2D eigenvalue weighted by Crippen LogP contribution is -2.34. The summed E-state index contributed by atoms with van der Waals surface area (Å²) in [5.74, 6) is 2.77. The third-order valence-corrected chi connectivity index (χ3v) is 3.60. The second-order valence-electron chi connectivity index (χ2n) is 6.90. The minimum atomic E-state index is 0.0497. The summed E-state index contributed by atoms with van der Waals surface area (Å²) in [6, 6.07) is 6.92. The summed E-state index contributed by atoms with van der Waals surface area (Å²) in [6.07, 6.45) is 2.57. The average molecular weight is 261 g/mol. The molecule has 1 saturated heterocycles. The molecule has 1 aliphatic rings. The molecule has 0 bridgehead atoms. The highest BCUT2D eigenvalue weighted by molar-refractivity contribution is 5.49. The van der Waals surface area contributed by atoms with Crippen LogP contribution in [-0.4, -0.2) is 23.1 Å². The lowest BCUT2D eigenvalue weighted by Gasteiger charge is -2.29. The van der Waals surface area contributed by atoms with Gasteiger partial charge in [0.2, 0.25) is 0 Å². The van der Waals surface area contributed by atoms with Crippen molar-refractivity contribution in [1.29, 1.82) is 0 Å². The molecule has 1 aromatic heterocycles. The normalized spacial score (nSPS) is 20.1. The van der Waals surface area contributed by atoms with E-state index in [9.17, 15) is 0 Å². The van der Waals surface area contributed by atoms with E-state index < -0.39 is 0 Å². The van der Waals surface area contributed by atoms with E-state index in [-0.39, 0.29) is 5.54 Å². The van der Waals surface area contributed by atoms with Gasteiger partial charge in [-0.2, -0.15) is 0 Å². The fourth-order valence-electron chi connectivity index (χ4n) is 2.81. The Hall–Kier alpha value is -1.25. The van der Waals surface area contributed by atoms with E-state index >= 15 is 0 Å². The van der Waals surface area contributed by atoms with Gasteiger partial charge in [-0.3, -0.25) is 0 Å².